The van der Waals surface area contributed by atoms with Crippen molar-refractivity contribution in [1.82, 2.24) is 0 Å². The number of benzene rings is 2. The van der Waals surface area contributed by atoms with Crippen molar-refractivity contribution in [3.63, 3.8) is 0 Å². The lowest BCUT2D eigenvalue weighted by atomic mass is 10.1. The van der Waals surface area contributed by atoms with Gasteiger partial charge in [-0.05, 0) is 36.8 Å². The molecule has 0 fully saturated rings. The average molecular weight is 340 g/mol. The van der Waals surface area contributed by atoms with Crippen LogP contribution in [0.3, 0.4) is 0 Å². The molecule has 0 bridgehead atoms. The molecule has 0 heterocycles. The maximum absolute atomic E-state index is 12.0. The van der Waals surface area contributed by atoms with E-state index in [1.54, 1.807) is 18.2 Å². The molecule has 0 aliphatic heterocycles. The third kappa shape index (κ3) is 3.82. The fourth-order valence-corrected chi connectivity index (χ4v) is 2.18. The van der Waals surface area contributed by atoms with E-state index in [-0.39, 0.29) is 12.4 Å². The second-order valence-corrected chi connectivity index (χ2v) is 5.48. The molecule has 4 heteroatoms. The molecule has 0 aromatic heterocycles. The highest BCUT2D eigenvalue weighted by atomic mass is 79.9. The molecule has 19 heavy (non-hydrogen) atoms. The van der Waals surface area contributed by atoms with Crippen molar-refractivity contribution >= 4 is 33.3 Å². The predicted octanol–water partition coefficient (Wildman–Crippen LogP) is 4.67. The van der Waals surface area contributed by atoms with E-state index in [1.165, 1.54) is 0 Å². The zero-order valence-electron chi connectivity index (χ0n) is 10.3. The van der Waals surface area contributed by atoms with Gasteiger partial charge in [0.05, 0.1) is 5.02 Å². The summed E-state index contributed by atoms with van der Waals surface area (Å²) in [4.78, 5) is 12.0. The normalized spacial score (nSPS) is 10.3. The molecule has 98 valence electrons. The summed E-state index contributed by atoms with van der Waals surface area (Å²) in [5.41, 5.74) is 1.65. The second-order valence-electron chi connectivity index (χ2n) is 4.16. The summed E-state index contributed by atoms with van der Waals surface area (Å²) in [6.45, 7) is 1.92. The lowest BCUT2D eigenvalue weighted by Crippen LogP contribution is -2.11. The van der Waals surface area contributed by atoms with Gasteiger partial charge < -0.3 is 4.74 Å². The van der Waals surface area contributed by atoms with Gasteiger partial charge in [-0.2, -0.15) is 0 Å². The summed E-state index contributed by atoms with van der Waals surface area (Å²) in [6, 6.07) is 12.7. The van der Waals surface area contributed by atoms with Crippen LogP contribution in [0.2, 0.25) is 5.02 Å². The Hall–Kier alpha value is -1.32. The minimum atomic E-state index is -0.0844. The Morgan fingerprint density at radius 3 is 2.79 bits per heavy atom. The van der Waals surface area contributed by atoms with Gasteiger partial charge in [-0.3, -0.25) is 4.79 Å². The van der Waals surface area contributed by atoms with Gasteiger partial charge in [-0.15, -0.1) is 0 Å². The molecular formula is C15H12BrClO2. The molecule has 2 rings (SSSR count). The van der Waals surface area contributed by atoms with E-state index in [0.717, 1.165) is 10.0 Å². The van der Waals surface area contributed by atoms with Gasteiger partial charge in [0.1, 0.15) is 5.75 Å². The second kappa shape index (κ2) is 6.22. The van der Waals surface area contributed by atoms with Gasteiger partial charge in [-0.1, -0.05) is 45.7 Å². The largest absolute Gasteiger partial charge is 0.484 e. The summed E-state index contributed by atoms with van der Waals surface area (Å²) in [5.74, 6) is 0.448. The first-order valence-corrected chi connectivity index (χ1v) is 6.91. The number of ketones is 1. The van der Waals surface area contributed by atoms with Gasteiger partial charge in [0, 0.05) is 10.0 Å². The average Bonchev–Trinajstić information content (AvgIpc) is 2.39. The summed E-state index contributed by atoms with van der Waals surface area (Å²) in [5, 5.41) is 0.507. The quantitative estimate of drug-likeness (QED) is 0.757. The van der Waals surface area contributed by atoms with Crippen molar-refractivity contribution < 1.29 is 9.53 Å². The standard InChI is InChI=1S/C15H12BrClO2/c1-10-5-6-13(17)15(7-10)19-9-14(18)11-3-2-4-12(16)8-11/h2-8H,9H2,1H3. The van der Waals surface area contributed by atoms with E-state index >= 15 is 0 Å². The zero-order chi connectivity index (χ0) is 13.8. The number of ether oxygens (including phenoxy) is 1. The van der Waals surface area contributed by atoms with E-state index in [4.69, 9.17) is 16.3 Å². The van der Waals surface area contributed by atoms with Gasteiger partial charge in [0.15, 0.2) is 12.4 Å². The third-order valence-electron chi connectivity index (χ3n) is 2.59. The number of carbonyl (C=O) groups excluding carboxylic acids is 1. The van der Waals surface area contributed by atoms with Crippen molar-refractivity contribution in [3.8, 4) is 5.75 Å². The van der Waals surface area contributed by atoms with Crippen LogP contribution in [0.4, 0.5) is 0 Å². The Bertz CT molecular complexity index is 611. The molecular weight excluding hydrogens is 328 g/mol. The smallest absolute Gasteiger partial charge is 0.200 e. The van der Waals surface area contributed by atoms with Crippen LogP contribution in [-0.4, -0.2) is 12.4 Å². The fourth-order valence-electron chi connectivity index (χ4n) is 1.61. The molecule has 2 nitrogen and oxygen atoms in total. The third-order valence-corrected chi connectivity index (χ3v) is 3.40. The lowest BCUT2D eigenvalue weighted by Gasteiger charge is -2.08. The van der Waals surface area contributed by atoms with E-state index in [1.807, 2.05) is 31.2 Å². The molecule has 0 saturated heterocycles. The minimum absolute atomic E-state index is 0.0281. The topological polar surface area (TPSA) is 26.3 Å². The highest BCUT2D eigenvalue weighted by Gasteiger charge is 2.09. The molecule has 0 amide bonds. The molecule has 0 atom stereocenters. The van der Waals surface area contributed by atoms with E-state index < -0.39 is 0 Å². The molecule has 0 spiro atoms. The van der Waals surface area contributed by atoms with Crippen molar-refractivity contribution in [2.24, 2.45) is 0 Å². The van der Waals surface area contributed by atoms with Crippen LogP contribution in [0, 0.1) is 6.92 Å². The summed E-state index contributed by atoms with van der Waals surface area (Å²) in [7, 11) is 0. The van der Waals surface area contributed by atoms with Gasteiger partial charge in [0.2, 0.25) is 0 Å². The van der Waals surface area contributed by atoms with Crippen molar-refractivity contribution in [3.05, 3.63) is 63.1 Å². The van der Waals surface area contributed by atoms with Crippen LogP contribution in [0.25, 0.3) is 0 Å². The van der Waals surface area contributed by atoms with Gasteiger partial charge in [-0.25, -0.2) is 0 Å². The van der Waals surface area contributed by atoms with Crippen LogP contribution in [0.1, 0.15) is 15.9 Å². The zero-order valence-corrected chi connectivity index (χ0v) is 12.7. The van der Waals surface area contributed by atoms with Crippen LogP contribution in [0.15, 0.2) is 46.9 Å². The van der Waals surface area contributed by atoms with Crippen LogP contribution in [-0.2, 0) is 0 Å². The maximum atomic E-state index is 12.0. The first-order chi connectivity index (χ1) is 9.06. The summed E-state index contributed by atoms with van der Waals surface area (Å²) < 4.78 is 6.34. The van der Waals surface area contributed by atoms with Crippen LogP contribution in [0.5, 0.6) is 5.75 Å². The van der Waals surface area contributed by atoms with Crippen molar-refractivity contribution in [2.45, 2.75) is 6.92 Å². The summed E-state index contributed by atoms with van der Waals surface area (Å²) >= 11 is 9.34. The number of rotatable bonds is 4. The minimum Gasteiger partial charge on any atom is -0.484 e. The number of hydrogen-bond acceptors (Lipinski definition) is 2. The Morgan fingerprint density at radius 1 is 1.26 bits per heavy atom. The Labute approximate surface area is 125 Å². The molecule has 0 N–H and O–H groups in total. The number of hydrogen-bond donors (Lipinski definition) is 0. The summed E-state index contributed by atoms with van der Waals surface area (Å²) in [6.07, 6.45) is 0. The fraction of sp³-hybridized carbons (Fsp3) is 0.133. The molecule has 0 radical (unpaired) electrons. The monoisotopic (exact) mass is 338 g/mol. The van der Waals surface area contributed by atoms with Crippen LogP contribution >= 0.6 is 27.5 Å². The molecule has 0 aliphatic carbocycles. The Kier molecular flexibility index (Phi) is 4.61. The maximum Gasteiger partial charge on any atom is 0.200 e. The molecule has 0 saturated carbocycles. The van der Waals surface area contributed by atoms with Gasteiger partial charge >= 0.3 is 0 Å². The lowest BCUT2D eigenvalue weighted by molar-refractivity contribution is 0.0921. The van der Waals surface area contributed by atoms with Gasteiger partial charge in [0.25, 0.3) is 0 Å². The predicted molar refractivity (Wildman–Crippen MR) is 80.2 cm³/mol. The Balaban J connectivity index is 2.06. The van der Waals surface area contributed by atoms with Crippen LogP contribution < -0.4 is 4.74 Å². The van der Waals surface area contributed by atoms with Crippen molar-refractivity contribution in [1.29, 1.82) is 0 Å². The number of aryl methyl sites for hydroxylation is 1. The number of Topliss-reactive ketones (excluding diaryl/α,β-unsaturated/α-hetero) is 1. The SMILES string of the molecule is Cc1ccc(Cl)c(OCC(=O)c2cccc(Br)c2)c1. The van der Waals surface area contributed by atoms with Crippen molar-refractivity contribution in [2.75, 3.05) is 6.61 Å². The molecule has 0 unspecified atom stereocenters. The molecule has 2 aromatic carbocycles. The van der Waals surface area contributed by atoms with E-state index in [2.05, 4.69) is 15.9 Å². The highest BCUT2D eigenvalue weighted by molar-refractivity contribution is 9.10. The first-order valence-electron chi connectivity index (χ1n) is 5.74. The van der Waals surface area contributed by atoms with E-state index in [9.17, 15) is 4.79 Å². The highest BCUT2D eigenvalue weighted by Crippen LogP contribution is 2.25. The molecule has 2 aromatic rings. The number of carbonyl (C=O) groups is 1. The Morgan fingerprint density at radius 2 is 2.05 bits per heavy atom. The van der Waals surface area contributed by atoms with E-state index in [0.29, 0.717) is 16.3 Å². The first kappa shape index (κ1) is 14.1. The number of halogens is 2. The molecule has 0 aliphatic rings.